The number of hydrogen-bond acceptors (Lipinski definition) is 8. The van der Waals surface area contributed by atoms with Crippen molar-refractivity contribution in [1.29, 1.82) is 0 Å². The van der Waals surface area contributed by atoms with Crippen LogP contribution in [0.5, 0.6) is 11.5 Å². The van der Waals surface area contributed by atoms with Crippen LogP contribution >= 0.6 is 23.2 Å². The number of aromatic amines is 1. The maximum atomic E-state index is 12.7. The van der Waals surface area contributed by atoms with Crippen LogP contribution in [0.15, 0.2) is 66.9 Å². The van der Waals surface area contributed by atoms with Gasteiger partial charge in [0.05, 0.1) is 30.6 Å². The van der Waals surface area contributed by atoms with E-state index in [1.54, 1.807) is 48.7 Å². The lowest BCUT2D eigenvalue weighted by molar-refractivity contribution is 0.0698. The molecule has 40 heavy (non-hydrogen) atoms. The number of carboxylic acid groups (broad SMARTS) is 1. The van der Waals surface area contributed by atoms with Crippen LogP contribution in [0.25, 0.3) is 22.2 Å². The number of anilines is 3. The monoisotopic (exact) mass is 576 g/mol. The second kappa shape index (κ2) is 11.0. The number of aromatic nitrogens is 4. The number of nitrogens with one attached hydrogen (secondary N) is 2. The van der Waals surface area contributed by atoms with Crippen molar-refractivity contribution < 1.29 is 19.4 Å². The van der Waals surface area contributed by atoms with E-state index in [9.17, 15) is 9.90 Å². The summed E-state index contributed by atoms with van der Waals surface area (Å²) < 4.78 is 11.5. The van der Waals surface area contributed by atoms with E-state index in [1.165, 1.54) is 0 Å². The fourth-order valence-corrected chi connectivity index (χ4v) is 4.95. The molecule has 3 heterocycles. The van der Waals surface area contributed by atoms with Crippen molar-refractivity contribution in [3.05, 3.63) is 82.5 Å². The molecule has 0 spiro atoms. The molecule has 202 valence electrons. The van der Waals surface area contributed by atoms with Crippen LogP contribution < -0.4 is 15.0 Å². The molecule has 2 aromatic heterocycles. The third kappa shape index (κ3) is 5.50. The molecule has 3 N–H and O–H groups in total. The average molecular weight is 577 g/mol. The molecule has 0 bridgehead atoms. The van der Waals surface area contributed by atoms with Crippen molar-refractivity contribution in [2.75, 3.05) is 36.5 Å². The van der Waals surface area contributed by atoms with Crippen LogP contribution in [0.3, 0.4) is 0 Å². The van der Waals surface area contributed by atoms with E-state index in [0.29, 0.717) is 65.0 Å². The van der Waals surface area contributed by atoms with Gasteiger partial charge in [0, 0.05) is 39.8 Å². The Morgan fingerprint density at radius 2 is 1.80 bits per heavy atom. The van der Waals surface area contributed by atoms with Gasteiger partial charge in [0.2, 0.25) is 5.95 Å². The van der Waals surface area contributed by atoms with Crippen molar-refractivity contribution in [3.63, 3.8) is 0 Å². The number of carboxylic acids is 1. The topological polar surface area (TPSA) is 125 Å². The number of nitrogens with zero attached hydrogens (tertiary/aromatic N) is 4. The summed E-state index contributed by atoms with van der Waals surface area (Å²) in [5.74, 6) is 0.279. The maximum Gasteiger partial charge on any atom is 0.341 e. The number of halogens is 2. The summed E-state index contributed by atoms with van der Waals surface area (Å²) in [5, 5.41) is 22.3. The van der Waals surface area contributed by atoms with E-state index >= 15 is 0 Å². The molecule has 0 saturated carbocycles. The summed E-state index contributed by atoms with van der Waals surface area (Å²) in [6, 6.07) is 17.5. The summed E-state index contributed by atoms with van der Waals surface area (Å²) in [6.45, 7) is 2.19. The predicted molar refractivity (Wildman–Crippen MR) is 153 cm³/mol. The van der Waals surface area contributed by atoms with Gasteiger partial charge >= 0.3 is 5.97 Å². The summed E-state index contributed by atoms with van der Waals surface area (Å²) in [5.41, 5.74) is 2.22. The fourth-order valence-electron chi connectivity index (χ4n) is 4.44. The number of fused-ring (bicyclic) bond motifs is 1. The van der Waals surface area contributed by atoms with E-state index in [4.69, 9.17) is 37.7 Å². The molecule has 1 fully saturated rings. The third-order valence-electron chi connectivity index (χ3n) is 6.29. The fraction of sp³-hybridized carbons (Fsp3) is 0.143. The van der Waals surface area contributed by atoms with Crippen LogP contribution in [0.2, 0.25) is 10.0 Å². The molecule has 0 radical (unpaired) electrons. The normalized spacial score (nSPS) is 13.4. The summed E-state index contributed by atoms with van der Waals surface area (Å²) >= 11 is 12.3. The van der Waals surface area contributed by atoms with Crippen molar-refractivity contribution in [3.8, 4) is 22.8 Å². The highest BCUT2D eigenvalue weighted by Crippen LogP contribution is 2.35. The van der Waals surface area contributed by atoms with Crippen molar-refractivity contribution >= 4 is 57.5 Å². The molecule has 0 atom stereocenters. The largest absolute Gasteiger partial charge is 0.477 e. The Labute approximate surface area is 238 Å². The van der Waals surface area contributed by atoms with E-state index in [2.05, 4.69) is 20.5 Å². The number of carbonyl (C=O) groups is 1. The van der Waals surface area contributed by atoms with Gasteiger partial charge in [-0.15, -0.1) is 0 Å². The first-order chi connectivity index (χ1) is 19.4. The van der Waals surface area contributed by atoms with Gasteiger partial charge in [0.25, 0.3) is 0 Å². The van der Waals surface area contributed by atoms with Crippen molar-refractivity contribution in [1.82, 2.24) is 20.2 Å². The van der Waals surface area contributed by atoms with Crippen LogP contribution in [0.1, 0.15) is 10.4 Å². The quantitative estimate of drug-likeness (QED) is 0.202. The highest BCUT2D eigenvalue weighted by Gasteiger charge is 2.25. The lowest BCUT2D eigenvalue weighted by Crippen LogP contribution is -2.37. The van der Waals surface area contributed by atoms with Crippen molar-refractivity contribution in [2.45, 2.75) is 0 Å². The molecule has 5 aromatic rings. The van der Waals surface area contributed by atoms with Gasteiger partial charge in [0.15, 0.2) is 5.82 Å². The number of H-pyrrole nitrogens is 1. The predicted octanol–water partition coefficient (Wildman–Crippen LogP) is 6.40. The minimum atomic E-state index is -1.18. The maximum absolute atomic E-state index is 12.7. The van der Waals surface area contributed by atoms with Gasteiger partial charge in [0.1, 0.15) is 17.1 Å². The van der Waals surface area contributed by atoms with Gasteiger partial charge in [-0.3, -0.25) is 5.10 Å². The molecule has 0 amide bonds. The molecular weight excluding hydrogens is 555 g/mol. The summed E-state index contributed by atoms with van der Waals surface area (Å²) in [6.07, 6.45) is 1.70. The van der Waals surface area contributed by atoms with Crippen LogP contribution in [0.4, 0.5) is 17.5 Å². The molecule has 3 aromatic carbocycles. The van der Waals surface area contributed by atoms with E-state index < -0.39 is 5.97 Å². The van der Waals surface area contributed by atoms with Crippen LogP contribution in [-0.2, 0) is 4.74 Å². The van der Waals surface area contributed by atoms with Gasteiger partial charge < -0.3 is 24.8 Å². The van der Waals surface area contributed by atoms with Gasteiger partial charge in [-0.1, -0.05) is 35.3 Å². The first-order valence-electron chi connectivity index (χ1n) is 12.4. The molecule has 0 aliphatic carbocycles. The zero-order valence-corrected chi connectivity index (χ0v) is 22.4. The number of benzene rings is 3. The highest BCUT2D eigenvalue weighted by atomic mass is 35.5. The Balaban J connectivity index is 1.45. The average Bonchev–Trinajstić information content (AvgIpc) is 3.41. The molecule has 0 unspecified atom stereocenters. The second-order valence-corrected chi connectivity index (χ2v) is 9.91. The van der Waals surface area contributed by atoms with E-state index in [0.717, 1.165) is 10.9 Å². The Morgan fingerprint density at radius 1 is 1.00 bits per heavy atom. The number of aromatic carboxylic acids is 1. The summed E-state index contributed by atoms with van der Waals surface area (Å²) in [7, 11) is 0. The highest BCUT2D eigenvalue weighted by molar-refractivity contribution is 6.34. The Kier molecular flexibility index (Phi) is 7.12. The molecular formula is C28H22Cl2N6O4. The zero-order chi connectivity index (χ0) is 27.6. The lowest BCUT2D eigenvalue weighted by atomic mass is 10.1. The summed E-state index contributed by atoms with van der Waals surface area (Å²) in [4.78, 5) is 24.0. The first-order valence-corrected chi connectivity index (χ1v) is 13.1. The standard InChI is InChI=1S/C28H22Cl2N6O4/c29-18-12-19(30)14-22(13-18)40-21-3-1-2-16(11-21)25-24(27(37)38)26(34-28(33-25)36-6-8-39-9-7-36)32-20-4-5-23-17(10-20)15-31-35-23/h1-5,10-15H,6-9H2,(H,31,35)(H,37,38)(H,32,33,34). The molecule has 1 aliphatic heterocycles. The molecule has 1 saturated heterocycles. The second-order valence-electron chi connectivity index (χ2n) is 9.03. The molecule has 12 heteroatoms. The Hall–Kier alpha value is -4.38. The zero-order valence-electron chi connectivity index (χ0n) is 20.9. The number of rotatable bonds is 7. The third-order valence-corrected chi connectivity index (χ3v) is 6.72. The van der Waals surface area contributed by atoms with E-state index in [-0.39, 0.29) is 17.1 Å². The first kappa shape index (κ1) is 25.9. The van der Waals surface area contributed by atoms with Crippen molar-refractivity contribution in [2.24, 2.45) is 0 Å². The minimum Gasteiger partial charge on any atom is -0.477 e. The minimum absolute atomic E-state index is 0.0766. The van der Waals surface area contributed by atoms with Gasteiger partial charge in [-0.05, 0) is 48.5 Å². The SMILES string of the molecule is O=C(O)c1c(Nc2ccc3[nH]ncc3c2)nc(N2CCOCC2)nc1-c1cccc(Oc2cc(Cl)cc(Cl)c2)c1. The lowest BCUT2D eigenvalue weighted by Gasteiger charge is -2.28. The number of hydrogen-bond donors (Lipinski definition) is 3. The van der Waals surface area contributed by atoms with Crippen LogP contribution in [-0.4, -0.2) is 57.5 Å². The number of ether oxygens (including phenoxy) is 2. The Bertz CT molecular complexity index is 1700. The van der Waals surface area contributed by atoms with Gasteiger partial charge in [-0.25, -0.2) is 9.78 Å². The van der Waals surface area contributed by atoms with E-state index in [1.807, 2.05) is 23.1 Å². The molecule has 10 nitrogen and oxygen atoms in total. The molecule has 1 aliphatic rings. The Morgan fingerprint density at radius 3 is 2.58 bits per heavy atom. The smallest absolute Gasteiger partial charge is 0.341 e. The van der Waals surface area contributed by atoms with Crippen LogP contribution in [0, 0.1) is 0 Å². The molecule has 6 rings (SSSR count). The van der Waals surface area contributed by atoms with Gasteiger partial charge in [-0.2, -0.15) is 10.1 Å². The number of morpholine rings is 1.